The molecule has 0 N–H and O–H groups in total. The van der Waals surface area contributed by atoms with Gasteiger partial charge in [0.1, 0.15) is 0 Å². The van der Waals surface area contributed by atoms with Gasteiger partial charge in [0.25, 0.3) is 0 Å². The Hall–Kier alpha value is -1.93. The lowest BCUT2D eigenvalue weighted by Gasteiger charge is -2.33. The largest absolute Gasteiger partial charge is 0.361 e. The van der Waals surface area contributed by atoms with Crippen molar-refractivity contribution in [2.24, 2.45) is 0 Å². The SMILES string of the molecule is CC(C)(C)N(Cc1ccccc1)C(=O)C=[N+]=[N-]. The molecule has 0 fully saturated rings. The van der Waals surface area contributed by atoms with Crippen LogP contribution in [0.3, 0.4) is 0 Å². The van der Waals surface area contributed by atoms with Crippen LogP contribution in [-0.2, 0) is 11.3 Å². The van der Waals surface area contributed by atoms with E-state index in [-0.39, 0.29) is 11.4 Å². The van der Waals surface area contributed by atoms with Gasteiger partial charge in [0.15, 0.2) is 0 Å². The number of hydrogen-bond donors (Lipinski definition) is 0. The Kier molecular flexibility index (Phi) is 4.18. The molecule has 0 saturated carbocycles. The summed E-state index contributed by atoms with van der Waals surface area (Å²) < 4.78 is 0. The van der Waals surface area contributed by atoms with Crippen LogP contribution in [0.1, 0.15) is 26.3 Å². The molecule has 4 nitrogen and oxygen atoms in total. The molecule has 0 heterocycles. The summed E-state index contributed by atoms with van der Waals surface area (Å²) in [4.78, 5) is 16.3. The van der Waals surface area contributed by atoms with E-state index in [0.717, 1.165) is 11.8 Å². The number of rotatable bonds is 3. The lowest BCUT2D eigenvalue weighted by Crippen LogP contribution is -2.45. The normalized spacial score (nSPS) is 10.5. The Bertz CT molecular complexity index is 428. The Morgan fingerprint density at radius 2 is 1.94 bits per heavy atom. The molecule has 0 atom stereocenters. The fourth-order valence-corrected chi connectivity index (χ4v) is 1.53. The first-order chi connectivity index (χ1) is 7.95. The van der Waals surface area contributed by atoms with E-state index in [9.17, 15) is 4.79 Å². The van der Waals surface area contributed by atoms with Gasteiger partial charge in [-0.05, 0) is 26.3 Å². The fourth-order valence-electron chi connectivity index (χ4n) is 1.53. The number of benzene rings is 1. The van der Waals surface area contributed by atoms with Crippen LogP contribution >= 0.6 is 0 Å². The van der Waals surface area contributed by atoms with E-state index in [1.54, 1.807) is 4.90 Å². The highest BCUT2D eigenvalue weighted by Gasteiger charge is 2.27. The smallest absolute Gasteiger partial charge is 0.344 e. The van der Waals surface area contributed by atoms with Gasteiger partial charge in [0.2, 0.25) is 0 Å². The van der Waals surface area contributed by atoms with Crippen molar-refractivity contribution in [3.05, 3.63) is 41.4 Å². The Balaban J connectivity index is 2.93. The summed E-state index contributed by atoms with van der Waals surface area (Å²) in [7, 11) is 0. The zero-order valence-corrected chi connectivity index (χ0v) is 10.4. The molecule has 90 valence electrons. The molecule has 17 heavy (non-hydrogen) atoms. The van der Waals surface area contributed by atoms with Gasteiger partial charge in [-0.25, -0.2) is 0 Å². The third-order valence-corrected chi connectivity index (χ3v) is 2.43. The predicted molar refractivity (Wildman–Crippen MR) is 66.4 cm³/mol. The number of amides is 1. The highest BCUT2D eigenvalue weighted by molar-refractivity contribution is 6.23. The lowest BCUT2D eigenvalue weighted by atomic mass is 10.0. The number of nitrogens with zero attached hydrogens (tertiary/aromatic N) is 3. The molecule has 0 radical (unpaired) electrons. The number of carbonyl (C=O) groups is 1. The molecule has 1 aromatic rings. The van der Waals surface area contributed by atoms with E-state index < -0.39 is 0 Å². The van der Waals surface area contributed by atoms with Crippen LogP contribution in [0.5, 0.6) is 0 Å². The third kappa shape index (κ3) is 3.85. The topological polar surface area (TPSA) is 56.7 Å². The molecule has 1 aromatic carbocycles. The molecule has 1 rings (SSSR count). The molecule has 0 bridgehead atoms. The molecule has 0 aliphatic carbocycles. The molecule has 0 aliphatic rings. The first kappa shape index (κ1) is 13.1. The van der Waals surface area contributed by atoms with Crippen LogP contribution < -0.4 is 0 Å². The molecule has 4 heteroatoms. The Morgan fingerprint density at radius 1 is 1.35 bits per heavy atom. The summed E-state index contributed by atoms with van der Waals surface area (Å²) in [6, 6.07) is 9.72. The monoisotopic (exact) mass is 231 g/mol. The molecule has 0 spiro atoms. The summed E-state index contributed by atoms with van der Waals surface area (Å²) >= 11 is 0. The maximum atomic E-state index is 11.8. The van der Waals surface area contributed by atoms with Crippen molar-refractivity contribution in [1.29, 1.82) is 0 Å². The number of hydrogen-bond acceptors (Lipinski definition) is 1. The second kappa shape index (κ2) is 5.41. The van der Waals surface area contributed by atoms with Crippen molar-refractivity contribution in [1.82, 2.24) is 4.90 Å². The molecule has 1 amide bonds. The van der Waals surface area contributed by atoms with E-state index in [1.165, 1.54) is 0 Å². The minimum Gasteiger partial charge on any atom is -0.361 e. The summed E-state index contributed by atoms with van der Waals surface area (Å²) in [5.74, 6) is -0.302. The van der Waals surface area contributed by atoms with E-state index in [1.807, 2.05) is 51.1 Å². The van der Waals surface area contributed by atoms with Gasteiger partial charge in [-0.15, -0.1) is 0 Å². The van der Waals surface area contributed by atoms with Gasteiger partial charge in [-0.2, -0.15) is 4.79 Å². The summed E-state index contributed by atoms with van der Waals surface area (Å²) in [5, 5.41) is 0. The maximum absolute atomic E-state index is 11.8. The minimum absolute atomic E-state index is 0.302. The summed E-state index contributed by atoms with van der Waals surface area (Å²) in [6.07, 6.45) is 0.925. The molecule has 0 aromatic heterocycles. The van der Waals surface area contributed by atoms with Gasteiger partial charge in [-0.1, -0.05) is 30.3 Å². The quantitative estimate of drug-likeness (QED) is 0.446. The van der Waals surface area contributed by atoms with Crippen LogP contribution in [-0.4, -0.2) is 27.4 Å². The lowest BCUT2D eigenvalue weighted by molar-refractivity contribution is -0.132. The minimum atomic E-state index is -0.325. The standard InChI is InChI=1S/C13H17N3O/c1-13(2,3)16(12(17)9-15-14)10-11-7-5-4-6-8-11/h4-9H,10H2,1-3H3. The zero-order valence-electron chi connectivity index (χ0n) is 10.4. The summed E-state index contributed by atoms with van der Waals surface area (Å²) in [6.45, 7) is 6.33. The average Bonchev–Trinajstić information content (AvgIpc) is 2.26. The van der Waals surface area contributed by atoms with Gasteiger partial charge < -0.3 is 10.4 Å². The van der Waals surface area contributed by atoms with Crippen LogP contribution in [0.4, 0.5) is 0 Å². The van der Waals surface area contributed by atoms with Gasteiger partial charge in [0, 0.05) is 12.1 Å². The molecule has 0 saturated heterocycles. The molecular weight excluding hydrogens is 214 g/mol. The third-order valence-electron chi connectivity index (χ3n) is 2.43. The highest BCUT2D eigenvalue weighted by Crippen LogP contribution is 2.16. The molecule has 0 unspecified atom stereocenters. The van der Waals surface area contributed by atoms with Crippen molar-refractivity contribution >= 4 is 12.1 Å². The van der Waals surface area contributed by atoms with Gasteiger partial charge in [0.05, 0.1) is 0 Å². The number of carbonyl (C=O) groups excluding carboxylic acids is 1. The van der Waals surface area contributed by atoms with E-state index >= 15 is 0 Å². The van der Waals surface area contributed by atoms with Crippen LogP contribution in [0.25, 0.3) is 5.53 Å². The highest BCUT2D eigenvalue weighted by atomic mass is 16.2. The van der Waals surface area contributed by atoms with E-state index in [2.05, 4.69) is 4.79 Å². The summed E-state index contributed by atoms with van der Waals surface area (Å²) in [5.41, 5.74) is 9.16. The maximum Gasteiger partial charge on any atom is 0.344 e. The van der Waals surface area contributed by atoms with Crippen molar-refractivity contribution in [2.75, 3.05) is 0 Å². The van der Waals surface area contributed by atoms with Gasteiger partial charge in [-0.3, -0.25) is 4.79 Å². The van der Waals surface area contributed by atoms with Crippen LogP contribution in [0.15, 0.2) is 30.3 Å². The predicted octanol–water partition coefficient (Wildman–Crippen LogP) is 2.11. The molecular formula is C13H17N3O. The van der Waals surface area contributed by atoms with Crippen molar-refractivity contribution in [2.45, 2.75) is 32.9 Å². The Labute approximate surface area is 101 Å². The first-order valence-corrected chi connectivity index (χ1v) is 5.48. The Morgan fingerprint density at radius 3 is 2.41 bits per heavy atom. The van der Waals surface area contributed by atoms with Crippen molar-refractivity contribution < 1.29 is 9.58 Å². The second-order valence-corrected chi connectivity index (χ2v) is 4.83. The fraction of sp³-hybridized carbons (Fsp3) is 0.385. The zero-order chi connectivity index (χ0) is 12.9. The average molecular weight is 231 g/mol. The van der Waals surface area contributed by atoms with Crippen molar-refractivity contribution in [3.8, 4) is 0 Å². The van der Waals surface area contributed by atoms with Crippen LogP contribution in [0.2, 0.25) is 0 Å². The molecule has 0 aliphatic heterocycles. The van der Waals surface area contributed by atoms with E-state index in [4.69, 9.17) is 5.53 Å². The second-order valence-electron chi connectivity index (χ2n) is 4.83. The van der Waals surface area contributed by atoms with E-state index in [0.29, 0.717) is 6.54 Å². The van der Waals surface area contributed by atoms with Crippen molar-refractivity contribution in [3.63, 3.8) is 0 Å². The van der Waals surface area contributed by atoms with Gasteiger partial charge >= 0.3 is 12.1 Å². The first-order valence-electron chi connectivity index (χ1n) is 5.48. The van der Waals surface area contributed by atoms with Crippen LogP contribution in [0, 0.1) is 0 Å².